The summed E-state index contributed by atoms with van der Waals surface area (Å²) < 4.78 is 8.53. The van der Waals surface area contributed by atoms with Crippen LogP contribution in [0.5, 0.6) is 0 Å². The summed E-state index contributed by atoms with van der Waals surface area (Å²) in [5.41, 5.74) is 1.93. The first-order valence-electron chi connectivity index (χ1n) is 8.25. The van der Waals surface area contributed by atoms with Gasteiger partial charge in [0.2, 0.25) is 0 Å². The van der Waals surface area contributed by atoms with Crippen LogP contribution in [-0.2, 0) is 10.5 Å². The fourth-order valence-corrected chi connectivity index (χ4v) is 5.04. The zero-order chi connectivity index (χ0) is 18.3. The Hall–Kier alpha value is -1.20. The van der Waals surface area contributed by atoms with Gasteiger partial charge in [-0.2, -0.15) is 0 Å². The van der Waals surface area contributed by atoms with Crippen LogP contribution >= 0.6 is 34.4 Å². The Balaban J connectivity index is 1.68. The summed E-state index contributed by atoms with van der Waals surface area (Å²) in [5.74, 6) is 0.812. The van der Waals surface area contributed by atoms with Crippen molar-refractivity contribution >= 4 is 45.4 Å². The molecular formula is C18H18IN3O3S. The zero-order valence-corrected chi connectivity index (χ0v) is 17.0. The quantitative estimate of drug-likeness (QED) is 0.338. The lowest BCUT2D eigenvalue weighted by Crippen LogP contribution is -2.30. The highest BCUT2D eigenvalue weighted by atomic mass is 127. The summed E-state index contributed by atoms with van der Waals surface area (Å²) in [6, 6.07) is 10.2. The van der Waals surface area contributed by atoms with E-state index in [1.807, 2.05) is 24.4 Å². The maximum atomic E-state index is 10.3. The summed E-state index contributed by atoms with van der Waals surface area (Å²) in [6.45, 7) is 1.75. The first kappa shape index (κ1) is 18.2. The second kappa shape index (κ2) is 7.43. The number of halogens is 1. The van der Waals surface area contributed by atoms with Crippen molar-refractivity contribution in [3.63, 3.8) is 0 Å². The normalized spacial score (nSPS) is 25.8. The van der Waals surface area contributed by atoms with E-state index in [0.717, 1.165) is 19.7 Å². The van der Waals surface area contributed by atoms with E-state index in [4.69, 9.17) is 4.74 Å². The molecule has 0 spiro atoms. The lowest BCUT2D eigenvalue weighted by Gasteiger charge is -2.17. The minimum absolute atomic E-state index is 0.432. The van der Waals surface area contributed by atoms with Crippen LogP contribution in [0.25, 0.3) is 11.0 Å². The number of aromatic nitrogens is 3. The lowest BCUT2D eigenvalue weighted by atomic mass is 10.1. The van der Waals surface area contributed by atoms with Crippen molar-refractivity contribution in [2.75, 3.05) is 0 Å². The van der Waals surface area contributed by atoms with Crippen molar-refractivity contribution in [2.24, 2.45) is 0 Å². The van der Waals surface area contributed by atoms with Crippen molar-refractivity contribution in [2.45, 2.75) is 42.2 Å². The number of hydrogen-bond donors (Lipinski definition) is 2. The second-order valence-electron chi connectivity index (χ2n) is 6.25. The van der Waals surface area contributed by atoms with Crippen LogP contribution in [0.4, 0.5) is 0 Å². The molecular weight excluding hydrogens is 465 g/mol. The van der Waals surface area contributed by atoms with Crippen LogP contribution in [0, 0.1) is 3.57 Å². The largest absolute Gasteiger partial charge is 0.388 e. The van der Waals surface area contributed by atoms with E-state index in [1.165, 1.54) is 11.9 Å². The van der Waals surface area contributed by atoms with Crippen molar-refractivity contribution in [1.29, 1.82) is 0 Å². The highest BCUT2D eigenvalue weighted by Crippen LogP contribution is 2.36. The molecule has 1 aliphatic rings. The molecule has 3 heterocycles. The van der Waals surface area contributed by atoms with Gasteiger partial charge in [-0.1, -0.05) is 30.3 Å². The van der Waals surface area contributed by atoms with Gasteiger partial charge in [-0.25, -0.2) is 9.97 Å². The molecule has 1 aromatic carbocycles. The van der Waals surface area contributed by atoms with Gasteiger partial charge in [0.1, 0.15) is 29.2 Å². The minimum atomic E-state index is -0.994. The monoisotopic (exact) mass is 483 g/mol. The highest BCUT2D eigenvalue weighted by molar-refractivity contribution is 14.1. The molecule has 6 nitrogen and oxygen atoms in total. The van der Waals surface area contributed by atoms with Crippen LogP contribution in [0.2, 0.25) is 0 Å². The summed E-state index contributed by atoms with van der Waals surface area (Å²) >= 11 is 3.90. The van der Waals surface area contributed by atoms with Gasteiger partial charge in [-0.3, -0.25) is 0 Å². The Labute approximate surface area is 168 Å². The summed E-state index contributed by atoms with van der Waals surface area (Å²) in [7, 11) is 0. The van der Waals surface area contributed by atoms with Gasteiger partial charge in [0, 0.05) is 15.5 Å². The van der Waals surface area contributed by atoms with Gasteiger partial charge in [-0.05, 0) is 35.1 Å². The van der Waals surface area contributed by atoms with E-state index in [1.54, 1.807) is 23.3 Å². The Bertz CT molecular complexity index is 921. The minimum Gasteiger partial charge on any atom is -0.388 e. The first-order valence-corrected chi connectivity index (χ1v) is 10.3. The summed E-state index contributed by atoms with van der Waals surface area (Å²) in [4.78, 5) is 8.86. The number of hydrogen-bond acceptors (Lipinski definition) is 6. The molecule has 3 aromatic rings. The van der Waals surface area contributed by atoms with E-state index in [0.29, 0.717) is 5.65 Å². The second-order valence-corrected chi connectivity index (χ2v) is 8.38. The van der Waals surface area contributed by atoms with Gasteiger partial charge >= 0.3 is 0 Å². The number of fused-ring (bicyclic) bond motifs is 1. The van der Waals surface area contributed by atoms with Gasteiger partial charge < -0.3 is 19.5 Å². The van der Waals surface area contributed by atoms with Gasteiger partial charge in [0.15, 0.2) is 6.23 Å². The molecule has 0 unspecified atom stereocenters. The molecule has 0 radical (unpaired) electrons. The third-order valence-electron chi connectivity index (χ3n) is 4.50. The predicted molar refractivity (Wildman–Crippen MR) is 108 cm³/mol. The molecule has 2 aromatic heterocycles. The van der Waals surface area contributed by atoms with Crippen molar-refractivity contribution in [1.82, 2.24) is 14.5 Å². The number of benzene rings is 1. The van der Waals surface area contributed by atoms with Crippen LogP contribution in [0.15, 0.2) is 47.9 Å². The molecule has 4 rings (SSSR count). The molecule has 1 aliphatic heterocycles. The zero-order valence-electron chi connectivity index (χ0n) is 14.0. The molecule has 1 fully saturated rings. The van der Waals surface area contributed by atoms with E-state index in [2.05, 4.69) is 44.7 Å². The number of aliphatic hydroxyl groups excluding tert-OH is 2. The van der Waals surface area contributed by atoms with Crippen LogP contribution in [0.3, 0.4) is 0 Å². The van der Waals surface area contributed by atoms with Crippen molar-refractivity contribution in [3.8, 4) is 0 Å². The van der Waals surface area contributed by atoms with Gasteiger partial charge in [0.05, 0.1) is 11.5 Å². The van der Waals surface area contributed by atoms with E-state index in [-0.39, 0.29) is 0 Å². The van der Waals surface area contributed by atoms with Gasteiger partial charge in [0.25, 0.3) is 0 Å². The van der Waals surface area contributed by atoms with E-state index < -0.39 is 24.5 Å². The summed E-state index contributed by atoms with van der Waals surface area (Å²) in [5, 5.41) is 22.2. The Morgan fingerprint density at radius 2 is 1.96 bits per heavy atom. The molecule has 0 bridgehead atoms. The maximum absolute atomic E-state index is 10.3. The first-order chi connectivity index (χ1) is 12.6. The standard InChI is InChI=1S/C18H18IN3O3S/c1-10-14(23)15(24)18(25-10)22-7-12(19)13-16(22)20-9-21-17(13)26-8-11-5-3-2-4-6-11/h2-7,9-10,14-15,18,23-24H,8H2,1H3/t10-,14-,15-,18-/m1/s1. The average Bonchev–Trinajstić information content (AvgIpc) is 3.13. The smallest absolute Gasteiger partial charge is 0.164 e. The SMILES string of the molecule is C[C@H]1O[C@@H](n2cc(I)c3c(SCc4ccccc4)ncnc32)[C@H](O)[C@@H]1O. The fourth-order valence-electron chi connectivity index (χ4n) is 3.10. The van der Waals surface area contributed by atoms with Gasteiger partial charge in [-0.15, -0.1) is 11.8 Å². The lowest BCUT2D eigenvalue weighted by molar-refractivity contribution is -0.0297. The fraction of sp³-hybridized carbons (Fsp3) is 0.333. The number of thioether (sulfide) groups is 1. The topological polar surface area (TPSA) is 80.4 Å². The van der Waals surface area contributed by atoms with Crippen molar-refractivity contribution < 1.29 is 14.9 Å². The molecule has 0 amide bonds. The highest BCUT2D eigenvalue weighted by Gasteiger charge is 2.42. The van der Waals surface area contributed by atoms with Crippen LogP contribution in [-0.4, -0.2) is 43.1 Å². The Morgan fingerprint density at radius 3 is 2.65 bits per heavy atom. The average molecular weight is 483 g/mol. The molecule has 26 heavy (non-hydrogen) atoms. The molecule has 0 aliphatic carbocycles. The molecule has 0 saturated carbocycles. The summed E-state index contributed by atoms with van der Waals surface area (Å²) in [6.07, 6.45) is 0.427. The molecule has 8 heteroatoms. The molecule has 2 N–H and O–H groups in total. The molecule has 4 atom stereocenters. The third-order valence-corrected chi connectivity index (χ3v) is 6.38. The van der Waals surface area contributed by atoms with E-state index in [9.17, 15) is 10.2 Å². The van der Waals surface area contributed by atoms with Crippen LogP contribution in [0.1, 0.15) is 18.7 Å². The Kier molecular flexibility index (Phi) is 5.20. The van der Waals surface area contributed by atoms with Crippen LogP contribution < -0.4 is 0 Å². The van der Waals surface area contributed by atoms with Crippen molar-refractivity contribution in [3.05, 3.63) is 52.0 Å². The molecule has 136 valence electrons. The predicted octanol–water partition coefficient (Wildman–Crippen LogP) is 2.97. The number of nitrogens with zero attached hydrogens (tertiary/aromatic N) is 3. The number of aliphatic hydroxyl groups is 2. The Morgan fingerprint density at radius 1 is 1.19 bits per heavy atom. The maximum Gasteiger partial charge on any atom is 0.164 e. The van der Waals surface area contributed by atoms with E-state index >= 15 is 0 Å². The number of rotatable bonds is 4. The number of ether oxygens (including phenoxy) is 1. The third kappa shape index (κ3) is 3.24. The molecule has 1 saturated heterocycles.